The lowest BCUT2D eigenvalue weighted by Crippen LogP contribution is -2.57. The van der Waals surface area contributed by atoms with Crippen LogP contribution in [0.4, 0.5) is 10.1 Å². The summed E-state index contributed by atoms with van der Waals surface area (Å²) in [5.74, 6) is -0.823. The van der Waals surface area contributed by atoms with Gasteiger partial charge in [-0.15, -0.1) is 0 Å². The Hall–Kier alpha value is -3.58. The number of fused-ring (bicyclic) bond motifs is 1. The summed E-state index contributed by atoms with van der Waals surface area (Å²) < 4.78 is 37.5. The Balaban J connectivity index is 1.44. The second kappa shape index (κ2) is 12.5. The fraction of sp³-hybridized carbons (Fsp3) is 0.310. The molecule has 1 aromatic heterocycles. The fourth-order valence-electron chi connectivity index (χ4n) is 4.42. The molecule has 0 amide bonds. The van der Waals surface area contributed by atoms with Gasteiger partial charge in [0.2, 0.25) is 0 Å². The average molecular weight is 587 g/mol. The van der Waals surface area contributed by atoms with Gasteiger partial charge in [-0.05, 0) is 48.9 Å². The third-order valence-electron chi connectivity index (χ3n) is 6.63. The number of rotatable bonds is 8. The number of halogens is 2. The van der Waals surface area contributed by atoms with Crippen molar-refractivity contribution in [2.45, 2.75) is 44.2 Å². The highest BCUT2D eigenvalue weighted by atomic mass is 35.5. The fourth-order valence-corrected chi connectivity index (χ4v) is 4.60. The van der Waals surface area contributed by atoms with Crippen LogP contribution in [0.5, 0.6) is 5.75 Å². The number of aromatic nitrogens is 1. The molecule has 5 rings (SSSR count). The molecule has 1 saturated heterocycles. The highest BCUT2D eigenvalue weighted by Gasteiger charge is 2.42. The Bertz CT molecular complexity index is 1640. The van der Waals surface area contributed by atoms with Crippen molar-refractivity contribution < 1.29 is 38.3 Å². The van der Waals surface area contributed by atoms with E-state index in [1.54, 1.807) is 25.1 Å². The zero-order chi connectivity index (χ0) is 29.1. The summed E-state index contributed by atoms with van der Waals surface area (Å²) in [5.41, 5.74) is 1.68. The molecular formula is C29H28ClFN2O8. The molecule has 1 aliphatic heterocycles. The van der Waals surface area contributed by atoms with Crippen molar-refractivity contribution >= 4 is 28.3 Å². The largest absolute Gasteiger partial charge is 0.491 e. The van der Waals surface area contributed by atoms with Crippen LogP contribution in [0.3, 0.4) is 0 Å². The molecule has 0 aliphatic carbocycles. The maximum atomic E-state index is 13.8. The molecule has 0 radical (unpaired) electrons. The van der Waals surface area contributed by atoms with E-state index < -0.39 is 42.3 Å². The van der Waals surface area contributed by atoms with E-state index in [4.69, 9.17) is 30.2 Å². The standard InChI is InChI=1S/C29H28ClFN2O8/c1-16-24(34)25(35)26(36)28(40-16)39-12-11-38-19-8-10-23-20(14-19)27(32-18-7-9-22(31)21(30)13-18)33(29(37)41-23)15-17-5-3-2-4-6-17/h2-10,13-14,16,24-26,28,34-36H,11-12,15H2,1H3/t16-,24-,25+,26+,28+/m0/s1. The van der Waals surface area contributed by atoms with Crippen LogP contribution >= 0.6 is 11.6 Å². The van der Waals surface area contributed by atoms with Gasteiger partial charge < -0.3 is 33.9 Å². The number of ether oxygens (including phenoxy) is 3. The van der Waals surface area contributed by atoms with Crippen LogP contribution in [0.2, 0.25) is 5.02 Å². The Kier molecular flexibility index (Phi) is 8.83. The molecule has 10 nitrogen and oxygen atoms in total. The van der Waals surface area contributed by atoms with Gasteiger partial charge in [0.15, 0.2) is 6.29 Å². The molecule has 0 bridgehead atoms. The normalized spacial score (nSPS) is 23.2. The molecule has 216 valence electrons. The molecule has 1 aliphatic rings. The first-order valence-electron chi connectivity index (χ1n) is 12.9. The highest BCUT2D eigenvalue weighted by Crippen LogP contribution is 2.24. The Morgan fingerprint density at radius 1 is 1.00 bits per heavy atom. The van der Waals surface area contributed by atoms with Gasteiger partial charge in [0.1, 0.15) is 47.6 Å². The van der Waals surface area contributed by atoms with Crippen LogP contribution < -0.4 is 16.0 Å². The molecule has 3 aromatic carbocycles. The minimum atomic E-state index is -1.42. The van der Waals surface area contributed by atoms with Crippen molar-refractivity contribution in [1.29, 1.82) is 0 Å². The van der Waals surface area contributed by atoms with E-state index in [0.29, 0.717) is 16.8 Å². The highest BCUT2D eigenvalue weighted by molar-refractivity contribution is 6.31. The number of aliphatic hydroxyl groups excluding tert-OH is 3. The average Bonchev–Trinajstić information content (AvgIpc) is 2.97. The second-order valence-electron chi connectivity index (χ2n) is 9.53. The summed E-state index contributed by atoms with van der Waals surface area (Å²) in [6.45, 7) is 1.77. The number of nitrogens with zero attached hydrogens (tertiary/aromatic N) is 2. The Morgan fingerprint density at radius 3 is 2.54 bits per heavy atom. The first-order chi connectivity index (χ1) is 19.7. The van der Waals surface area contributed by atoms with Crippen LogP contribution in [-0.4, -0.2) is 63.8 Å². The van der Waals surface area contributed by atoms with Crippen molar-refractivity contribution in [3.63, 3.8) is 0 Å². The predicted molar refractivity (Wildman–Crippen MR) is 146 cm³/mol. The number of aliphatic hydroxyl groups is 3. The molecular weight excluding hydrogens is 559 g/mol. The molecule has 41 heavy (non-hydrogen) atoms. The summed E-state index contributed by atoms with van der Waals surface area (Å²) in [5, 5.41) is 30.2. The third-order valence-corrected chi connectivity index (χ3v) is 6.92. The molecule has 12 heteroatoms. The lowest BCUT2D eigenvalue weighted by Gasteiger charge is -2.38. The summed E-state index contributed by atoms with van der Waals surface area (Å²) in [6, 6.07) is 18.1. The Labute approximate surface area is 238 Å². The summed E-state index contributed by atoms with van der Waals surface area (Å²) in [7, 11) is 0. The summed E-state index contributed by atoms with van der Waals surface area (Å²) in [6.07, 6.45) is -5.92. The first kappa shape index (κ1) is 28.9. The van der Waals surface area contributed by atoms with Crippen LogP contribution in [-0.2, 0) is 16.0 Å². The molecule has 3 N–H and O–H groups in total. The number of hydrogen-bond donors (Lipinski definition) is 3. The summed E-state index contributed by atoms with van der Waals surface area (Å²) in [4.78, 5) is 17.7. The number of hydrogen-bond acceptors (Lipinski definition) is 9. The van der Waals surface area contributed by atoms with Crippen LogP contribution in [0.1, 0.15) is 12.5 Å². The van der Waals surface area contributed by atoms with Gasteiger partial charge in [0.25, 0.3) is 0 Å². The van der Waals surface area contributed by atoms with Crippen molar-refractivity contribution in [1.82, 2.24) is 4.57 Å². The zero-order valence-electron chi connectivity index (χ0n) is 21.9. The van der Waals surface area contributed by atoms with E-state index in [9.17, 15) is 24.5 Å². The maximum absolute atomic E-state index is 13.8. The van der Waals surface area contributed by atoms with Crippen molar-refractivity contribution in [3.05, 3.63) is 99.2 Å². The minimum absolute atomic E-state index is 0.00150. The monoisotopic (exact) mass is 586 g/mol. The van der Waals surface area contributed by atoms with Gasteiger partial charge in [0, 0.05) is 0 Å². The molecule has 0 spiro atoms. The Morgan fingerprint density at radius 2 is 1.78 bits per heavy atom. The smallest absolute Gasteiger partial charge is 0.421 e. The lowest BCUT2D eigenvalue weighted by molar-refractivity contribution is -0.293. The third kappa shape index (κ3) is 6.51. The van der Waals surface area contributed by atoms with E-state index in [2.05, 4.69) is 4.99 Å². The molecule has 2 heterocycles. The second-order valence-corrected chi connectivity index (χ2v) is 9.94. The van der Waals surface area contributed by atoms with E-state index in [-0.39, 0.29) is 35.9 Å². The minimum Gasteiger partial charge on any atom is -0.491 e. The molecule has 0 unspecified atom stereocenters. The first-order valence-corrected chi connectivity index (χ1v) is 13.2. The van der Waals surface area contributed by atoms with Gasteiger partial charge in [-0.2, -0.15) is 0 Å². The van der Waals surface area contributed by atoms with E-state index in [1.165, 1.54) is 22.8 Å². The summed E-state index contributed by atoms with van der Waals surface area (Å²) >= 11 is 5.98. The predicted octanol–water partition coefficient (Wildman–Crippen LogP) is 2.89. The van der Waals surface area contributed by atoms with Crippen molar-refractivity contribution in [3.8, 4) is 5.75 Å². The maximum Gasteiger partial charge on any atom is 0.421 e. The molecule has 4 aromatic rings. The topological polar surface area (TPSA) is 136 Å². The molecule has 5 atom stereocenters. The van der Waals surface area contributed by atoms with Crippen molar-refractivity contribution in [2.75, 3.05) is 13.2 Å². The SMILES string of the molecule is C[C@@H]1O[C@@H](OCCOc2ccc3oc(=O)n(Cc4ccccc4)c(=Nc4ccc(F)c(Cl)c4)c3c2)[C@H](O)[C@H](O)[C@H]1O. The lowest BCUT2D eigenvalue weighted by atomic mass is 10.0. The van der Waals surface area contributed by atoms with E-state index >= 15 is 0 Å². The van der Waals surface area contributed by atoms with Crippen molar-refractivity contribution in [2.24, 2.45) is 4.99 Å². The zero-order valence-corrected chi connectivity index (χ0v) is 22.6. The van der Waals surface area contributed by atoms with Crippen LogP contribution in [0.15, 0.2) is 80.9 Å². The molecule has 0 saturated carbocycles. The van der Waals surface area contributed by atoms with E-state index in [1.807, 2.05) is 30.3 Å². The van der Waals surface area contributed by atoms with Gasteiger partial charge >= 0.3 is 5.76 Å². The van der Waals surface area contributed by atoms with E-state index in [0.717, 1.165) is 5.56 Å². The van der Waals surface area contributed by atoms with Gasteiger partial charge in [0.05, 0.1) is 35.4 Å². The van der Waals surface area contributed by atoms with Crippen LogP contribution in [0.25, 0.3) is 11.0 Å². The van der Waals surface area contributed by atoms with Gasteiger partial charge in [-0.25, -0.2) is 14.2 Å². The van der Waals surface area contributed by atoms with Gasteiger partial charge in [-0.1, -0.05) is 41.9 Å². The quantitative estimate of drug-likeness (QED) is 0.268. The van der Waals surface area contributed by atoms with Crippen LogP contribution in [0, 0.1) is 5.82 Å². The number of benzene rings is 3. The molecule has 1 fully saturated rings. The van der Waals surface area contributed by atoms with Gasteiger partial charge in [-0.3, -0.25) is 4.57 Å².